The first-order valence-corrected chi connectivity index (χ1v) is 8.18. The van der Waals surface area contributed by atoms with Gasteiger partial charge >= 0.3 is 5.69 Å². The van der Waals surface area contributed by atoms with Gasteiger partial charge in [0.25, 0.3) is 5.69 Å². The third-order valence-corrected chi connectivity index (χ3v) is 3.32. The van der Waals surface area contributed by atoms with E-state index in [0.717, 1.165) is 18.2 Å². The van der Waals surface area contributed by atoms with E-state index in [-0.39, 0.29) is 16.6 Å². The SMILES string of the molecule is CCOc1cc(C=NNC(N)=S)ccc1Oc1ccc([N+](=O)[O-])cc1[N+](=O)[O-]. The molecular formula is C16H15N5O6S. The zero-order chi connectivity index (χ0) is 20.7. The number of ether oxygens (including phenoxy) is 2. The lowest BCUT2D eigenvalue weighted by molar-refractivity contribution is -0.394. The van der Waals surface area contributed by atoms with Gasteiger partial charge in [-0.25, -0.2) is 0 Å². The Bertz CT molecular complexity index is 949. The van der Waals surface area contributed by atoms with Crippen molar-refractivity contribution in [3.8, 4) is 17.2 Å². The second-order valence-electron chi connectivity index (χ2n) is 5.14. The molecule has 11 nitrogen and oxygen atoms in total. The van der Waals surface area contributed by atoms with Crippen LogP contribution in [0.1, 0.15) is 12.5 Å². The van der Waals surface area contributed by atoms with Crippen LogP contribution in [-0.2, 0) is 0 Å². The van der Waals surface area contributed by atoms with Crippen molar-refractivity contribution in [3.05, 3.63) is 62.2 Å². The number of nitrogens with two attached hydrogens (primary N) is 1. The zero-order valence-corrected chi connectivity index (χ0v) is 15.3. The van der Waals surface area contributed by atoms with E-state index in [2.05, 4.69) is 22.7 Å². The molecule has 2 rings (SSSR count). The molecule has 0 aliphatic heterocycles. The molecule has 12 heteroatoms. The molecule has 0 saturated heterocycles. The van der Waals surface area contributed by atoms with E-state index in [1.807, 2.05) is 0 Å². The van der Waals surface area contributed by atoms with Gasteiger partial charge in [-0.3, -0.25) is 25.7 Å². The topological polar surface area (TPSA) is 155 Å². The van der Waals surface area contributed by atoms with Gasteiger partial charge in [-0.1, -0.05) is 0 Å². The lowest BCUT2D eigenvalue weighted by atomic mass is 10.2. The van der Waals surface area contributed by atoms with E-state index in [1.54, 1.807) is 19.1 Å². The Kier molecular flexibility index (Phi) is 6.76. The van der Waals surface area contributed by atoms with Gasteiger partial charge in [-0.05, 0) is 49.0 Å². The Morgan fingerprint density at radius 1 is 1.18 bits per heavy atom. The second kappa shape index (κ2) is 9.23. The molecule has 0 saturated carbocycles. The molecule has 0 aromatic heterocycles. The van der Waals surface area contributed by atoms with E-state index in [1.165, 1.54) is 12.3 Å². The maximum atomic E-state index is 11.3. The minimum atomic E-state index is -0.759. The third-order valence-electron chi connectivity index (χ3n) is 3.23. The van der Waals surface area contributed by atoms with Crippen LogP contribution in [0.5, 0.6) is 17.2 Å². The molecule has 0 atom stereocenters. The van der Waals surface area contributed by atoms with Gasteiger partial charge in [-0.15, -0.1) is 0 Å². The largest absolute Gasteiger partial charge is 0.490 e. The summed E-state index contributed by atoms with van der Waals surface area (Å²) in [6, 6.07) is 7.86. The molecule has 0 unspecified atom stereocenters. The average Bonchev–Trinajstić information content (AvgIpc) is 2.63. The zero-order valence-electron chi connectivity index (χ0n) is 14.5. The fraction of sp³-hybridized carbons (Fsp3) is 0.125. The number of benzene rings is 2. The van der Waals surface area contributed by atoms with Crippen LogP contribution in [0.25, 0.3) is 0 Å². The molecule has 28 heavy (non-hydrogen) atoms. The summed E-state index contributed by atoms with van der Waals surface area (Å²) in [6.07, 6.45) is 1.44. The fourth-order valence-electron chi connectivity index (χ4n) is 2.09. The number of nitro benzene ring substituents is 2. The van der Waals surface area contributed by atoms with Crippen molar-refractivity contribution < 1.29 is 19.3 Å². The molecule has 0 spiro atoms. The summed E-state index contributed by atoms with van der Waals surface area (Å²) in [5.41, 5.74) is 7.36. The van der Waals surface area contributed by atoms with Crippen molar-refractivity contribution >= 4 is 34.9 Å². The number of hydrogen-bond donors (Lipinski definition) is 2. The minimum absolute atomic E-state index is 0.00622. The van der Waals surface area contributed by atoms with Crippen LogP contribution in [0.4, 0.5) is 11.4 Å². The Hall–Kier alpha value is -3.80. The molecule has 0 bridgehead atoms. The molecular weight excluding hydrogens is 390 g/mol. The van der Waals surface area contributed by atoms with Crippen LogP contribution >= 0.6 is 12.2 Å². The van der Waals surface area contributed by atoms with E-state index in [0.29, 0.717) is 17.9 Å². The van der Waals surface area contributed by atoms with Crippen LogP contribution in [0.3, 0.4) is 0 Å². The van der Waals surface area contributed by atoms with Gasteiger partial charge in [0.05, 0.1) is 28.7 Å². The number of nitrogens with zero attached hydrogens (tertiary/aromatic N) is 3. The summed E-state index contributed by atoms with van der Waals surface area (Å²) in [6.45, 7) is 2.07. The Morgan fingerprint density at radius 2 is 1.89 bits per heavy atom. The summed E-state index contributed by atoms with van der Waals surface area (Å²) in [5.74, 6) is 0.334. The second-order valence-corrected chi connectivity index (χ2v) is 5.58. The average molecular weight is 405 g/mol. The maximum absolute atomic E-state index is 11.3. The molecule has 0 aliphatic rings. The summed E-state index contributed by atoms with van der Waals surface area (Å²) in [4.78, 5) is 20.6. The predicted molar refractivity (Wildman–Crippen MR) is 105 cm³/mol. The normalized spacial score (nSPS) is 10.5. The molecule has 146 valence electrons. The van der Waals surface area contributed by atoms with E-state index >= 15 is 0 Å². The van der Waals surface area contributed by atoms with E-state index < -0.39 is 21.2 Å². The first kappa shape index (κ1) is 20.5. The van der Waals surface area contributed by atoms with Gasteiger partial charge in [0.1, 0.15) is 0 Å². The lowest BCUT2D eigenvalue weighted by Gasteiger charge is -2.12. The highest BCUT2D eigenvalue weighted by Gasteiger charge is 2.22. The summed E-state index contributed by atoms with van der Waals surface area (Å²) >= 11 is 4.64. The van der Waals surface area contributed by atoms with E-state index in [4.69, 9.17) is 15.2 Å². The summed E-state index contributed by atoms with van der Waals surface area (Å²) in [5, 5.41) is 25.9. The number of hydrazone groups is 1. The van der Waals surface area contributed by atoms with Gasteiger partial charge in [0.2, 0.25) is 5.75 Å². The van der Waals surface area contributed by atoms with E-state index in [9.17, 15) is 20.2 Å². The fourth-order valence-corrected chi connectivity index (χ4v) is 2.15. The molecule has 0 amide bonds. The maximum Gasteiger partial charge on any atom is 0.318 e. The highest BCUT2D eigenvalue weighted by Crippen LogP contribution is 2.38. The monoisotopic (exact) mass is 405 g/mol. The summed E-state index contributed by atoms with van der Waals surface area (Å²) < 4.78 is 11.1. The van der Waals surface area contributed by atoms with Gasteiger partial charge in [0, 0.05) is 6.07 Å². The number of nitrogens with one attached hydrogen (secondary N) is 1. The predicted octanol–water partition coefficient (Wildman–Crippen LogP) is 2.86. The first-order valence-electron chi connectivity index (χ1n) is 7.78. The summed E-state index contributed by atoms with van der Waals surface area (Å²) in [7, 11) is 0. The quantitative estimate of drug-likeness (QED) is 0.292. The van der Waals surface area contributed by atoms with Crippen molar-refractivity contribution in [2.45, 2.75) is 6.92 Å². The lowest BCUT2D eigenvalue weighted by Crippen LogP contribution is -2.23. The van der Waals surface area contributed by atoms with Crippen molar-refractivity contribution in [2.24, 2.45) is 10.8 Å². The van der Waals surface area contributed by atoms with Gasteiger partial charge in [0.15, 0.2) is 16.6 Å². The van der Waals surface area contributed by atoms with Crippen LogP contribution in [-0.4, -0.2) is 27.8 Å². The molecule has 2 aromatic carbocycles. The number of nitro groups is 2. The third kappa shape index (κ3) is 5.35. The Labute approximate surface area is 164 Å². The van der Waals surface area contributed by atoms with Crippen LogP contribution < -0.4 is 20.6 Å². The number of rotatable bonds is 8. The smallest absolute Gasteiger partial charge is 0.318 e. The molecule has 0 aliphatic carbocycles. The first-order chi connectivity index (χ1) is 13.3. The number of non-ortho nitro benzene ring substituents is 1. The molecule has 3 N–H and O–H groups in total. The highest BCUT2D eigenvalue weighted by atomic mass is 32.1. The van der Waals surface area contributed by atoms with Crippen molar-refractivity contribution in [1.29, 1.82) is 0 Å². The number of thiocarbonyl (C=S) groups is 1. The van der Waals surface area contributed by atoms with Gasteiger partial charge in [-0.2, -0.15) is 5.10 Å². The molecule has 2 aromatic rings. The molecule has 0 fully saturated rings. The standard InChI is InChI=1S/C16H15N5O6S/c1-2-26-15-7-10(9-18-19-16(17)28)3-5-14(15)27-13-6-4-11(20(22)23)8-12(13)21(24)25/h3-9H,2H2,1H3,(H3,17,19,28). The van der Waals surface area contributed by atoms with Crippen LogP contribution in [0, 0.1) is 20.2 Å². The highest BCUT2D eigenvalue weighted by molar-refractivity contribution is 7.80. The Balaban J connectivity index is 2.37. The van der Waals surface area contributed by atoms with Gasteiger partial charge < -0.3 is 15.2 Å². The van der Waals surface area contributed by atoms with Crippen molar-refractivity contribution in [3.63, 3.8) is 0 Å². The minimum Gasteiger partial charge on any atom is -0.490 e. The molecule has 0 heterocycles. The van der Waals surface area contributed by atoms with Crippen molar-refractivity contribution in [1.82, 2.24) is 5.43 Å². The van der Waals surface area contributed by atoms with Crippen LogP contribution in [0.2, 0.25) is 0 Å². The van der Waals surface area contributed by atoms with Crippen molar-refractivity contribution in [2.75, 3.05) is 6.61 Å². The number of hydrogen-bond acceptors (Lipinski definition) is 8. The van der Waals surface area contributed by atoms with Crippen LogP contribution in [0.15, 0.2) is 41.5 Å². The molecule has 0 radical (unpaired) electrons. The Morgan fingerprint density at radius 3 is 2.50 bits per heavy atom.